The van der Waals surface area contributed by atoms with E-state index in [1.807, 2.05) is 12.1 Å². The summed E-state index contributed by atoms with van der Waals surface area (Å²) in [6.45, 7) is 6.44. The molecule has 0 saturated heterocycles. The molecule has 0 N–H and O–H groups in total. The number of aryl methyl sites for hydroxylation is 3. The molecule has 1 nitrogen and oxygen atoms in total. The van der Waals surface area contributed by atoms with Crippen molar-refractivity contribution in [3.05, 3.63) is 234 Å². The van der Waals surface area contributed by atoms with Crippen molar-refractivity contribution in [3.8, 4) is 50.3 Å². The lowest BCUT2D eigenvalue weighted by Gasteiger charge is -2.40. The Kier molecular flexibility index (Phi) is 9.32. The molecule has 1 heterocycles. The average molecular weight is 683 g/mol. The van der Waals surface area contributed by atoms with Gasteiger partial charge in [-0.15, -0.1) is 0 Å². The van der Waals surface area contributed by atoms with Crippen LogP contribution in [0.25, 0.3) is 44.5 Å². The summed E-state index contributed by atoms with van der Waals surface area (Å²) in [5.74, 6) is 0.950. The number of fused-ring (bicyclic) bond motifs is 9. The molecular formula is C52H42O. The zero-order chi connectivity index (χ0) is 36.2. The Hall–Kier alpha value is -6.44. The molecule has 1 heteroatoms. The van der Waals surface area contributed by atoms with Gasteiger partial charge >= 0.3 is 0 Å². The Balaban J connectivity index is 0.000000129. The summed E-state index contributed by atoms with van der Waals surface area (Å²) in [5.41, 5.74) is 17.2. The molecule has 0 saturated carbocycles. The normalized spacial score (nSPS) is 12.4. The molecule has 8 aromatic rings. The van der Waals surface area contributed by atoms with Crippen LogP contribution in [0.15, 0.2) is 200 Å². The van der Waals surface area contributed by atoms with E-state index in [1.165, 1.54) is 77.9 Å². The van der Waals surface area contributed by atoms with Crippen LogP contribution in [0, 0.1) is 20.8 Å². The highest BCUT2D eigenvalue weighted by Gasteiger charge is 2.50. The molecule has 1 spiro atoms. The molecule has 0 unspecified atom stereocenters. The van der Waals surface area contributed by atoms with Crippen LogP contribution >= 0.6 is 0 Å². The van der Waals surface area contributed by atoms with Crippen molar-refractivity contribution >= 4 is 0 Å². The Morgan fingerprint density at radius 3 is 1.40 bits per heavy atom. The molecule has 256 valence electrons. The van der Waals surface area contributed by atoms with Crippen molar-refractivity contribution in [2.45, 2.75) is 26.4 Å². The third-order valence-corrected chi connectivity index (χ3v) is 10.4. The fourth-order valence-corrected chi connectivity index (χ4v) is 7.79. The number of hydrogen-bond donors (Lipinski definition) is 0. The number of benzene rings is 8. The minimum Gasteiger partial charge on any atom is -0.472 e. The molecule has 2 aliphatic rings. The lowest BCUT2D eigenvalue weighted by atomic mass is 9.76. The summed E-state index contributed by atoms with van der Waals surface area (Å²) in [7, 11) is 0. The summed E-state index contributed by atoms with van der Waals surface area (Å²) in [5, 5.41) is 0. The molecule has 0 fully saturated rings. The van der Waals surface area contributed by atoms with Gasteiger partial charge in [-0.25, -0.2) is 0 Å². The largest absolute Gasteiger partial charge is 0.472 e. The Labute approximate surface area is 313 Å². The third-order valence-electron chi connectivity index (χ3n) is 10.4. The van der Waals surface area contributed by atoms with Crippen molar-refractivity contribution in [2.24, 2.45) is 0 Å². The van der Waals surface area contributed by atoms with Gasteiger partial charge in [-0.2, -0.15) is 0 Å². The number of ether oxygens (including phenoxy) is 1. The van der Waals surface area contributed by atoms with E-state index in [1.54, 1.807) is 0 Å². The summed E-state index contributed by atoms with van der Waals surface area (Å²) in [6, 6.07) is 70.2. The predicted octanol–water partition coefficient (Wildman–Crippen LogP) is 13.7. The van der Waals surface area contributed by atoms with Gasteiger partial charge < -0.3 is 4.74 Å². The van der Waals surface area contributed by atoms with Crippen LogP contribution in [0.1, 0.15) is 33.4 Å². The lowest BCUT2D eigenvalue weighted by molar-refractivity contribution is 0.157. The van der Waals surface area contributed by atoms with Gasteiger partial charge in [-0.1, -0.05) is 200 Å². The summed E-state index contributed by atoms with van der Waals surface area (Å²) >= 11 is 0. The smallest absolute Gasteiger partial charge is 0.186 e. The van der Waals surface area contributed by atoms with Crippen LogP contribution in [0.3, 0.4) is 0 Å². The van der Waals surface area contributed by atoms with Crippen LogP contribution in [0.4, 0.5) is 0 Å². The van der Waals surface area contributed by atoms with Gasteiger partial charge in [0.2, 0.25) is 0 Å². The van der Waals surface area contributed by atoms with Crippen LogP contribution in [0.2, 0.25) is 0 Å². The van der Waals surface area contributed by atoms with Crippen molar-refractivity contribution in [1.29, 1.82) is 0 Å². The third kappa shape index (κ3) is 6.36. The number of hydrogen-bond acceptors (Lipinski definition) is 1. The van der Waals surface area contributed by atoms with Gasteiger partial charge in [0.15, 0.2) is 5.60 Å². The van der Waals surface area contributed by atoms with Crippen molar-refractivity contribution in [3.63, 3.8) is 0 Å². The van der Waals surface area contributed by atoms with Crippen LogP contribution in [0.5, 0.6) is 5.75 Å². The van der Waals surface area contributed by atoms with E-state index in [4.69, 9.17) is 4.74 Å². The standard InChI is InChI=1S/C26H18O.2C13H12/c1-17-9-8-15-23-25(17)20-12-4-7-16-24(20)27-26(23)21-13-5-2-10-18(21)19-11-3-6-14-22(19)26;1-11-7-5-6-10-13(11)12-8-3-2-4-9-12;1-11-7-9-13(10-8-11)12-5-3-2-4-6-12/h2-16H,1H3;2*2-10H,1H3. The maximum absolute atomic E-state index is 6.91. The maximum Gasteiger partial charge on any atom is 0.186 e. The monoisotopic (exact) mass is 682 g/mol. The molecular weight excluding hydrogens is 641 g/mol. The Morgan fingerprint density at radius 2 is 0.774 bits per heavy atom. The minimum atomic E-state index is -0.594. The Morgan fingerprint density at radius 1 is 0.321 bits per heavy atom. The minimum absolute atomic E-state index is 0.594. The van der Waals surface area contributed by atoms with E-state index < -0.39 is 5.60 Å². The first-order chi connectivity index (χ1) is 26.0. The molecule has 8 aromatic carbocycles. The molecule has 1 aliphatic carbocycles. The van der Waals surface area contributed by atoms with Gasteiger partial charge in [0.25, 0.3) is 0 Å². The van der Waals surface area contributed by atoms with E-state index in [-0.39, 0.29) is 0 Å². The fourth-order valence-electron chi connectivity index (χ4n) is 7.79. The highest BCUT2D eigenvalue weighted by molar-refractivity contribution is 5.89. The van der Waals surface area contributed by atoms with Crippen molar-refractivity contribution < 1.29 is 4.74 Å². The first kappa shape index (κ1) is 33.7. The number of para-hydroxylation sites is 1. The second-order valence-electron chi connectivity index (χ2n) is 13.8. The molecule has 0 bridgehead atoms. The topological polar surface area (TPSA) is 9.23 Å². The van der Waals surface area contributed by atoms with Crippen LogP contribution in [-0.2, 0) is 5.60 Å². The Bertz CT molecular complexity index is 2450. The zero-order valence-electron chi connectivity index (χ0n) is 30.5. The molecule has 0 amide bonds. The second kappa shape index (κ2) is 14.7. The fraction of sp³-hybridized carbons (Fsp3) is 0.0769. The maximum atomic E-state index is 6.91. The van der Waals surface area contributed by atoms with E-state index in [9.17, 15) is 0 Å². The quantitative estimate of drug-likeness (QED) is 0.176. The van der Waals surface area contributed by atoms with Gasteiger partial charge in [-0.05, 0) is 76.9 Å². The first-order valence-corrected chi connectivity index (χ1v) is 18.4. The summed E-state index contributed by atoms with van der Waals surface area (Å²) < 4.78 is 6.91. The second-order valence-corrected chi connectivity index (χ2v) is 13.8. The van der Waals surface area contributed by atoms with E-state index >= 15 is 0 Å². The molecule has 53 heavy (non-hydrogen) atoms. The zero-order valence-corrected chi connectivity index (χ0v) is 30.5. The van der Waals surface area contributed by atoms with Crippen LogP contribution in [-0.4, -0.2) is 0 Å². The lowest BCUT2D eigenvalue weighted by Crippen LogP contribution is -2.37. The SMILES string of the molecule is Cc1ccc(-c2ccccc2)cc1.Cc1cccc2c1-c1ccccc1OC21c2ccccc2-c2ccccc21.Cc1ccccc1-c1ccccc1. The summed E-state index contributed by atoms with van der Waals surface area (Å²) in [6.07, 6.45) is 0. The average Bonchev–Trinajstić information content (AvgIpc) is 3.49. The first-order valence-electron chi connectivity index (χ1n) is 18.4. The van der Waals surface area contributed by atoms with E-state index in [2.05, 4.69) is 209 Å². The van der Waals surface area contributed by atoms with Crippen molar-refractivity contribution in [1.82, 2.24) is 0 Å². The molecule has 0 atom stereocenters. The molecule has 0 aromatic heterocycles. The van der Waals surface area contributed by atoms with Gasteiger partial charge in [-0.3, -0.25) is 0 Å². The summed E-state index contributed by atoms with van der Waals surface area (Å²) in [4.78, 5) is 0. The van der Waals surface area contributed by atoms with Gasteiger partial charge in [0, 0.05) is 22.3 Å². The van der Waals surface area contributed by atoms with Crippen molar-refractivity contribution in [2.75, 3.05) is 0 Å². The molecule has 10 rings (SSSR count). The predicted molar refractivity (Wildman–Crippen MR) is 222 cm³/mol. The van der Waals surface area contributed by atoms with Gasteiger partial charge in [0.05, 0.1) is 0 Å². The molecule has 0 radical (unpaired) electrons. The van der Waals surface area contributed by atoms with Crippen LogP contribution < -0.4 is 4.74 Å². The highest BCUT2D eigenvalue weighted by atomic mass is 16.5. The van der Waals surface area contributed by atoms with Gasteiger partial charge in [0.1, 0.15) is 5.75 Å². The highest BCUT2D eigenvalue weighted by Crippen LogP contribution is 2.58. The number of rotatable bonds is 2. The molecule has 1 aliphatic heterocycles. The van der Waals surface area contributed by atoms with E-state index in [0.717, 1.165) is 5.75 Å². The van der Waals surface area contributed by atoms with E-state index in [0.29, 0.717) is 0 Å².